The number of hydrogen-bond donors (Lipinski definition) is 4. The van der Waals surface area contributed by atoms with Crippen molar-refractivity contribution in [3.05, 3.63) is 41.5 Å². The number of carbonyl (C=O) groups excluding carboxylic acids is 1. The quantitative estimate of drug-likeness (QED) is 0.505. The van der Waals surface area contributed by atoms with Crippen LogP contribution in [0.15, 0.2) is 35.9 Å². The van der Waals surface area contributed by atoms with Crippen molar-refractivity contribution in [2.24, 2.45) is 0 Å². The third-order valence-electron chi connectivity index (χ3n) is 3.21. The molecule has 2 atom stereocenters. The molecule has 7 heteroatoms. The first-order valence-electron chi connectivity index (χ1n) is 7.00. The second-order valence-corrected chi connectivity index (χ2v) is 5.05. The zero-order valence-corrected chi connectivity index (χ0v) is 13.0. The van der Waals surface area contributed by atoms with Crippen molar-refractivity contribution in [1.29, 1.82) is 0 Å². The number of carboxylic acids is 1. The van der Waals surface area contributed by atoms with E-state index in [0.29, 0.717) is 6.42 Å². The molecule has 0 radical (unpaired) electrons. The Hall–Kier alpha value is -2.38. The predicted octanol–water partition coefficient (Wildman–Crippen LogP) is 0.107. The molecule has 23 heavy (non-hydrogen) atoms. The summed E-state index contributed by atoms with van der Waals surface area (Å²) in [7, 11) is 1.59. The van der Waals surface area contributed by atoms with Crippen LogP contribution in [0.2, 0.25) is 0 Å². The fraction of sp³-hybridized carbons (Fsp3) is 0.375. The molecule has 2 unspecified atom stereocenters. The molecule has 1 rings (SSSR count). The maximum Gasteiger partial charge on any atom is 0.335 e. The van der Waals surface area contributed by atoms with Crippen LogP contribution in [0.25, 0.3) is 0 Å². The lowest BCUT2D eigenvalue weighted by atomic mass is 10.1. The highest BCUT2D eigenvalue weighted by Crippen LogP contribution is 2.12. The Balaban J connectivity index is 2.47. The Kier molecular flexibility index (Phi) is 7.24. The van der Waals surface area contributed by atoms with Crippen LogP contribution < -0.4 is 10.1 Å². The molecular formula is C16H21NO6. The molecule has 0 saturated carbocycles. The number of methoxy groups -OCH3 is 1. The number of nitrogens with one attached hydrogen (secondary N) is 1. The second-order valence-electron chi connectivity index (χ2n) is 5.05. The molecule has 0 aromatic heterocycles. The lowest BCUT2D eigenvalue weighted by Crippen LogP contribution is -2.46. The smallest absolute Gasteiger partial charge is 0.335 e. The number of aliphatic carboxylic acids is 1. The van der Waals surface area contributed by atoms with Gasteiger partial charge >= 0.3 is 5.97 Å². The fourth-order valence-electron chi connectivity index (χ4n) is 1.74. The van der Waals surface area contributed by atoms with Crippen molar-refractivity contribution in [3.63, 3.8) is 0 Å². The minimum absolute atomic E-state index is 0.151. The summed E-state index contributed by atoms with van der Waals surface area (Å²) in [5, 5.41) is 29.3. The van der Waals surface area contributed by atoms with Crippen molar-refractivity contribution in [2.75, 3.05) is 13.7 Å². The predicted molar refractivity (Wildman–Crippen MR) is 83.1 cm³/mol. The summed E-state index contributed by atoms with van der Waals surface area (Å²) in [6, 6.07) is 7.55. The number of carbonyl (C=O) groups is 2. The van der Waals surface area contributed by atoms with Gasteiger partial charge in [-0.15, -0.1) is 0 Å². The molecule has 0 saturated heterocycles. The van der Waals surface area contributed by atoms with E-state index in [-0.39, 0.29) is 6.54 Å². The van der Waals surface area contributed by atoms with Gasteiger partial charge in [-0.2, -0.15) is 0 Å². The fourth-order valence-corrected chi connectivity index (χ4v) is 1.74. The van der Waals surface area contributed by atoms with Crippen molar-refractivity contribution < 1.29 is 29.6 Å². The van der Waals surface area contributed by atoms with Crippen LogP contribution in [0.5, 0.6) is 5.75 Å². The number of amides is 1. The molecule has 0 fully saturated rings. The molecule has 0 aliphatic carbocycles. The Morgan fingerprint density at radius 1 is 1.22 bits per heavy atom. The van der Waals surface area contributed by atoms with Gasteiger partial charge in [0, 0.05) is 6.54 Å². The van der Waals surface area contributed by atoms with Gasteiger partial charge in [-0.25, -0.2) is 4.79 Å². The van der Waals surface area contributed by atoms with E-state index in [0.717, 1.165) is 16.9 Å². The zero-order valence-electron chi connectivity index (χ0n) is 13.0. The van der Waals surface area contributed by atoms with Gasteiger partial charge in [-0.3, -0.25) is 4.79 Å². The molecule has 0 aliphatic rings. The lowest BCUT2D eigenvalue weighted by molar-refractivity contribution is -0.158. The highest BCUT2D eigenvalue weighted by atomic mass is 16.5. The number of aliphatic hydroxyl groups is 2. The van der Waals surface area contributed by atoms with E-state index in [4.69, 9.17) is 14.9 Å². The molecule has 0 spiro atoms. The average molecular weight is 323 g/mol. The number of aliphatic hydroxyl groups excluding tert-OH is 2. The zero-order chi connectivity index (χ0) is 17.4. The first kappa shape index (κ1) is 18.7. The van der Waals surface area contributed by atoms with Gasteiger partial charge in [-0.05, 0) is 31.0 Å². The van der Waals surface area contributed by atoms with Crippen LogP contribution in [0.3, 0.4) is 0 Å². The van der Waals surface area contributed by atoms with E-state index in [9.17, 15) is 14.7 Å². The topological polar surface area (TPSA) is 116 Å². The highest BCUT2D eigenvalue weighted by Gasteiger charge is 2.29. The van der Waals surface area contributed by atoms with Crippen molar-refractivity contribution in [2.45, 2.75) is 25.6 Å². The summed E-state index contributed by atoms with van der Waals surface area (Å²) in [6.07, 6.45) is -1.57. The molecule has 0 heterocycles. The minimum Gasteiger partial charge on any atom is -0.497 e. The van der Waals surface area contributed by atoms with Crippen LogP contribution in [0.4, 0.5) is 0 Å². The first-order chi connectivity index (χ1) is 10.8. The van der Waals surface area contributed by atoms with E-state index in [1.165, 1.54) is 0 Å². The number of allylic oxidation sites excluding steroid dienone is 1. The normalized spacial score (nSPS) is 14.0. The molecule has 126 valence electrons. The minimum atomic E-state index is -2.14. The number of carboxylic acid groups (broad SMARTS) is 1. The number of rotatable bonds is 8. The third kappa shape index (κ3) is 6.09. The van der Waals surface area contributed by atoms with Gasteiger partial charge in [0.25, 0.3) is 5.91 Å². The van der Waals surface area contributed by atoms with E-state index in [1.54, 1.807) is 14.0 Å². The molecular weight excluding hydrogens is 302 g/mol. The monoisotopic (exact) mass is 323 g/mol. The molecule has 1 amide bonds. The van der Waals surface area contributed by atoms with Gasteiger partial charge in [0.1, 0.15) is 5.75 Å². The Labute approximate surface area is 134 Å². The molecule has 0 aliphatic heterocycles. The second kappa shape index (κ2) is 8.92. The maximum atomic E-state index is 11.5. The highest BCUT2D eigenvalue weighted by molar-refractivity contribution is 5.87. The molecule has 4 N–H and O–H groups in total. The summed E-state index contributed by atoms with van der Waals surface area (Å²) >= 11 is 0. The molecule has 0 bridgehead atoms. The van der Waals surface area contributed by atoms with Gasteiger partial charge in [0.2, 0.25) is 0 Å². The summed E-state index contributed by atoms with van der Waals surface area (Å²) < 4.78 is 5.07. The van der Waals surface area contributed by atoms with Crippen molar-refractivity contribution in [1.82, 2.24) is 5.32 Å². The van der Waals surface area contributed by atoms with Crippen LogP contribution in [0.1, 0.15) is 12.5 Å². The largest absolute Gasteiger partial charge is 0.497 e. The van der Waals surface area contributed by atoms with E-state index >= 15 is 0 Å². The van der Waals surface area contributed by atoms with Crippen molar-refractivity contribution in [3.8, 4) is 5.75 Å². The van der Waals surface area contributed by atoms with E-state index < -0.39 is 24.1 Å². The van der Waals surface area contributed by atoms with Crippen LogP contribution in [0, 0.1) is 0 Å². The van der Waals surface area contributed by atoms with Gasteiger partial charge in [0.15, 0.2) is 12.2 Å². The van der Waals surface area contributed by atoms with Crippen molar-refractivity contribution >= 4 is 11.9 Å². The molecule has 1 aromatic carbocycles. The number of hydrogen-bond acceptors (Lipinski definition) is 5. The number of benzene rings is 1. The van der Waals surface area contributed by atoms with Gasteiger partial charge < -0.3 is 25.4 Å². The van der Waals surface area contributed by atoms with Crippen LogP contribution >= 0.6 is 0 Å². The summed E-state index contributed by atoms with van der Waals surface area (Å²) in [5.74, 6) is -1.82. The standard InChI is InChI=1S/C16H21NO6/c1-10(3-4-11-5-7-12(23-2)8-6-11)9-17-15(20)13(18)14(19)16(21)22/h3,5-8,13-14,18-19H,4,9H2,1-2H3,(H,17,20)(H,21,22). The average Bonchev–Trinajstić information content (AvgIpc) is 2.56. The Morgan fingerprint density at radius 2 is 1.83 bits per heavy atom. The third-order valence-corrected chi connectivity index (χ3v) is 3.21. The first-order valence-corrected chi connectivity index (χ1v) is 7.00. The summed E-state index contributed by atoms with van der Waals surface area (Å²) in [6.45, 7) is 1.95. The maximum absolute atomic E-state index is 11.5. The number of ether oxygens (including phenoxy) is 1. The van der Waals surface area contributed by atoms with E-state index in [2.05, 4.69) is 5.32 Å². The molecule has 1 aromatic rings. The summed E-state index contributed by atoms with van der Waals surface area (Å²) in [5.41, 5.74) is 1.91. The Morgan fingerprint density at radius 3 is 2.35 bits per heavy atom. The Bertz CT molecular complexity index is 566. The summed E-state index contributed by atoms with van der Waals surface area (Å²) in [4.78, 5) is 22.0. The lowest BCUT2D eigenvalue weighted by Gasteiger charge is -2.14. The van der Waals surface area contributed by atoms with Gasteiger partial charge in [-0.1, -0.05) is 23.8 Å². The SMILES string of the molecule is COc1ccc(CC=C(C)CNC(=O)C(O)C(O)C(=O)O)cc1. The van der Waals surface area contributed by atoms with Crippen LogP contribution in [-0.2, 0) is 16.0 Å². The van der Waals surface area contributed by atoms with Gasteiger partial charge in [0.05, 0.1) is 7.11 Å². The van der Waals surface area contributed by atoms with Crippen LogP contribution in [-0.4, -0.2) is 53.1 Å². The molecule has 7 nitrogen and oxygen atoms in total. The van der Waals surface area contributed by atoms with E-state index in [1.807, 2.05) is 30.3 Å².